The number of piperazine rings is 1. The fraction of sp³-hybridized carbons (Fsp3) is 0.385. The molecule has 2 heterocycles. The minimum atomic E-state index is -0.246. The number of hydrogen-bond donors (Lipinski definition) is 1. The molecule has 0 aliphatic carbocycles. The molecule has 0 unspecified atom stereocenters. The van der Waals surface area contributed by atoms with Crippen molar-refractivity contribution in [3.63, 3.8) is 0 Å². The summed E-state index contributed by atoms with van der Waals surface area (Å²) in [5.74, 6) is 0.411. The van der Waals surface area contributed by atoms with Crippen molar-refractivity contribution in [2.75, 3.05) is 19.7 Å². The number of fused-ring (bicyclic) bond motifs is 1. The summed E-state index contributed by atoms with van der Waals surface area (Å²) >= 11 is 3.48. The third kappa shape index (κ3) is 2.64. The van der Waals surface area contributed by atoms with E-state index in [0.717, 1.165) is 22.2 Å². The van der Waals surface area contributed by atoms with E-state index in [1.165, 1.54) is 5.56 Å². The lowest BCUT2D eigenvalue weighted by Crippen LogP contribution is -2.50. The Balaban J connectivity index is 1.83. The average molecular weight is 325 g/mol. The third-order valence-corrected chi connectivity index (χ3v) is 3.69. The minimum absolute atomic E-state index is 0.243. The number of hydrogen-bond acceptors (Lipinski definition) is 4. The Kier molecular flexibility index (Phi) is 3.28. The van der Waals surface area contributed by atoms with Crippen LogP contribution in [0.5, 0.6) is 5.75 Å². The Bertz CT molecular complexity index is 543. The molecule has 100 valence electrons. The molecular weight excluding hydrogens is 312 g/mol. The Hall–Kier alpha value is -1.40. The normalized spacial score (nSPS) is 19.0. The molecule has 6 heteroatoms. The molecule has 0 aromatic heterocycles. The summed E-state index contributed by atoms with van der Waals surface area (Å²) in [4.78, 5) is 24.5. The van der Waals surface area contributed by atoms with Crippen molar-refractivity contribution >= 4 is 27.7 Å². The third-order valence-electron chi connectivity index (χ3n) is 3.23. The first-order valence-corrected chi connectivity index (χ1v) is 6.90. The van der Waals surface area contributed by atoms with Crippen molar-refractivity contribution in [1.82, 2.24) is 10.2 Å². The first-order valence-electron chi connectivity index (χ1n) is 6.11. The number of ether oxygens (including phenoxy) is 1. The largest absolute Gasteiger partial charge is 0.493 e. The van der Waals surface area contributed by atoms with E-state index in [0.29, 0.717) is 13.2 Å². The van der Waals surface area contributed by atoms with Crippen LogP contribution in [0.3, 0.4) is 0 Å². The number of carbonyl (C=O) groups excluding carboxylic acids is 2. The van der Waals surface area contributed by atoms with Gasteiger partial charge in [-0.2, -0.15) is 0 Å². The lowest BCUT2D eigenvalue weighted by atomic mass is 10.1. The van der Waals surface area contributed by atoms with Gasteiger partial charge in [-0.1, -0.05) is 15.9 Å². The number of imide groups is 1. The van der Waals surface area contributed by atoms with E-state index < -0.39 is 0 Å². The molecule has 1 aromatic carbocycles. The first kappa shape index (κ1) is 12.6. The number of carbonyl (C=O) groups is 2. The van der Waals surface area contributed by atoms with Gasteiger partial charge in [0.2, 0.25) is 11.8 Å². The summed E-state index contributed by atoms with van der Waals surface area (Å²) in [6.45, 7) is 1.72. The maximum Gasteiger partial charge on any atom is 0.240 e. The average Bonchev–Trinajstić information content (AvgIpc) is 2.75. The van der Waals surface area contributed by atoms with Crippen LogP contribution >= 0.6 is 15.9 Å². The summed E-state index contributed by atoms with van der Waals surface area (Å²) in [7, 11) is 0. The van der Waals surface area contributed by atoms with E-state index in [1.807, 2.05) is 11.0 Å². The Morgan fingerprint density at radius 2 is 2.00 bits per heavy atom. The van der Waals surface area contributed by atoms with Gasteiger partial charge < -0.3 is 4.74 Å². The van der Waals surface area contributed by atoms with Crippen LogP contribution in [0.15, 0.2) is 16.6 Å². The van der Waals surface area contributed by atoms with Crippen LogP contribution in [0, 0.1) is 0 Å². The predicted molar refractivity (Wildman–Crippen MR) is 71.8 cm³/mol. The number of nitrogens with zero attached hydrogens (tertiary/aromatic N) is 1. The van der Waals surface area contributed by atoms with Crippen LogP contribution in [0.1, 0.15) is 11.1 Å². The lowest BCUT2D eigenvalue weighted by Gasteiger charge is -2.25. The van der Waals surface area contributed by atoms with Crippen molar-refractivity contribution < 1.29 is 14.3 Å². The molecule has 19 heavy (non-hydrogen) atoms. The smallest absolute Gasteiger partial charge is 0.240 e. The van der Waals surface area contributed by atoms with Crippen molar-refractivity contribution in [2.45, 2.75) is 13.0 Å². The van der Waals surface area contributed by atoms with Gasteiger partial charge in [0.1, 0.15) is 5.75 Å². The summed E-state index contributed by atoms with van der Waals surface area (Å²) < 4.78 is 6.65. The number of amides is 2. The highest BCUT2D eigenvalue weighted by Crippen LogP contribution is 2.33. The van der Waals surface area contributed by atoms with Crippen LogP contribution in [-0.2, 0) is 22.6 Å². The second-order valence-electron chi connectivity index (χ2n) is 4.77. The fourth-order valence-corrected chi connectivity index (χ4v) is 3.07. The zero-order valence-electron chi connectivity index (χ0n) is 10.2. The van der Waals surface area contributed by atoms with E-state index >= 15 is 0 Å². The molecule has 1 saturated heterocycles. The van der Waals surface area contributed by atoms with E-state index in [-0.39, 0.29) is 24.9 Å². The van der Waals surface area contributed by atoms with Gasteiger partial charge in [-0.05, 0) is 17.7 Å². The molecule has 3 rings (SSSR count). The number of benzene rings is 1. The number of nitrogens with one attached hydrogen (secondary N) is 1. The van der Waals surface area contributed by atoms with Gasteiger partial charge in [-0.15, -0.1) is 0 Å². The maximum atomic E-state index is 11.4. The maximum absolute atomic E-state index is 11.4. The Morgan fingerprint density at radius 1 is 1.26 bits per heavy atom. The minimum Gasteiger partial charge on any atom is -0.493 e. The lowest BCUT2D eigenvalue weighted by molar-refractivity contribution is -0.136. The second-order valence-corrected chi connectivity index (χ2v) is 5.68. The summed E-state index contributed by atoms with van der Waals surface area (Å²) in [6.07, 6.45) is 0.904. The second kappa shape index (κ2) is 4.94. The fourth-order valence-electron chi connectivity index (χ4n) is 2.51. The predicted octanol–water partition coefficient (Wildman–Crippen LogP) is 0.842. The highest BCUT2D eigenvalue weighted by molar-refractivity contribution is 9.10. The van der Waals surface area contributed by atoms with Gasteiger partial charge in [0.05, 0.1) is 19.7 Å². The van der Waals surface area contributed by atoms with E-state index in [9.17, 15) is 9.59 Å². The molecule has 1 aromatic rings. The number of rotatable bonds is 2. The first-order chi connectivity index (χ1) is 9.11. The van der Waals surface area contributed by atoms with Gasteiger partial charge >= 0.3 is 0 Å². The van der Waals surface area contributed by atoms with E-state index in [2.05, 4.69) is 27.3 Å². The van der Waals surface area contributed by atoms with Crippen LogP contribution in [0.25, 0.3) is 0 Å². The van der Waals surface area contributed by atoms with Crippen molar-refractivity contribution in [1.29, 1.82) is 0 Å². The molecule has 1 N–H and O–H groups in total. The quantitative estimate of drug-likeness (QED) is 0.819. The van der Waals surface area contributed by atoms with Gasteiger partial charge in [-0.3, -0.25) is 19.8 Å². The molecule has 5 nitrogen and oxygen atoms in total. The van der Waals surface area contributed by atoms with Crippen LogP contribution in [0.4, 0.5) is 0 Å². The molecule has 0 radical (unpaired) electrons. The number of halogens is 1. The van der Waals surface area contributed by atoms with Crippen molar-refractivity contribution in [3.05, 3.63) is 27.7 Å². The van der Waals surface area contributed by atoms with E-state index in [1.54, 1.807) is 0 Å². The Morgan fingerprint density at radius 3 is 2.74 bits per heavy atom. The highest BCUT2D eigenvalue weighted by atomic mass is 79.9. The molecule has 0 saturated carbocycles. The zero-order chi connectivity index (χ0) is 13.4. The molecule has 0 atom stereocenters. The Labute approximate surface area is 119 Å². The van der Waals surface area contributed by atoms with Crippen LogP contribution in [0.2, 0.25) is 0 Å². The molecule has 2 aliphatic rings. The van der Waals surface area contributed by atoms with Gasteiger partial charge in [-0.25, -0.2) is 0 Å². The summed E-state index contributed by atoms with van der Waals surface area (Å²) in [5, 5.41) is 2.30. The SMILES string of the molecule is O=C1CN(Cc2cc(Br)cc3c2OCC3)CC(=O)N1. The molecule has 2 amide bonds. The van der Waals surface area contributed by atoms with Gasteiger partial charge in [0.25, 0.3) is 0 Å². The molecule has 2 aliphatic heterocycles. The zero-order valence-corrected chi connectivity index (χ0v) is 11.8. The monoisotopic (exact) mass is 324 g/mol. The molecular formula is C13H13BrN2O3. The van der Waals surface area contributed by atoms with E-state index in [4.69, 9.17) is 4.74 Å². The topological polar surface area (TPSA) is 58.6 Å². The standard InChI is InChI=1S/C13H13BrN2O3/c14-10-3-8-1-2-19-13(8)9(4-10)5-16-6-11(17)15-12(18)7-16/h3-4H,1-2,5-7H2,(H,15,17,18). The van der Waals surface area contributed by atoms with Crippen molar-refractivity contribution in [3.8, 4) is 5.75 Å². The van der Waals surface area contributed by atoms with Gasteiger partial charge in [0.15, 0.2) is 0 Å². The van der Waals surface area contributed by atoms with Gasteiger partial charge in [0, 0.05) is 23.0 Å². The summed E-state index contributed by atoms with van der Waals surface area (Å²) in [6, 6.07) is 4.04. The van der Waals surface area contributed by atoms with Crippen LogP contribution < -0.4 is 10.1 Å². The molecule has 1 fully saturated rings. The van der Waals surface area contributed by atoms with Crippen LogP contribution in [-0.4, -0.2) is 36.4 Å². The summed E-state index contributed by atoms with van der Waals surface area (Å²) in [5.41, 5.74) is 2.20. The molecule has 0 bridgehead atoms. The highest BCUT2D eigenvalue weighted by Gasteiger charge is 2.25. The molecule has 0 spiro atoms. The van der Waals surface area contributed by atoms with Crippen molar-refractivity contribution in [2.24, 2.45) is 0 Å².